The maximum Gasteiger partial charge on any atom is 0.134 e. The number of phenolic OH excluding ortho intramolecular Hbond substituents is 1. The summed E-state index contributed by atoms with van der Waals surface area (Å²) < 4.78 is 0. The number of allylic oxidation sites excluding steroid dienone is 1. The molecule has 0 unspecified atom stereocenters. The van der Waals surface area contributed by atoms with E-state index in [1.165, 1.54) is 29.7 Å². The van der Waals surface area contributed by atoms with Gasteiger partial charge in [-0.25, -0.2) is 4.98 Å². The molecule has 0 aliphatic rings. The third-order valence-corrected chi connectivity index (χ3v) is 5.00. The summed E-state index contributed by atoms with van der Waals surface area (Å²) in [5.74, 6) is 0.208. The molecule has 0 amide bonds. The third kappa shape index (κ3) is 4.38. The van der Waals surface area contributed by atoms with Gasteiger partial charge in [-0.2, -0.15) is 5.26 Å². The summed E-state index contributed by atoms with van der Waals surface area (Å²) >= 11 is 1.47. The van der Waals surface area contributed by atoms with Crippen molar-refractivity contribution in [2.45, 2.75) is 26.2 Å². The molecule has 0 fully saturated rings. The summed E-state index contributed by atoms with van der Waals surface area (Å²) in [6.07, 6.45) is 5.29. The Kier molecular flexibility index (Phi) is 5.83. The smallest absolute Gasteiger partial charge is 0.134 e. The summed E-state index contributed by atoms with van der Waals surface area (Å²) in [5, 5.41) is 21.5. The van der Waals surface area contributed by atoms with Crippen LogP contribution in [0.4, 0.5) is 0 Å². The van der Waals surface area contributed by atoms with E-state index in [-0.39, 0.29) is 5.75 Å². The second-order valence-electron chi connectivity index (χ2n) is 6.10. The molecular weight excluding hydrogens is 340 g/mol. The van der Waals surface area contributed by atoms with Crippen molar-refractivity contribution in [1.82, 2.24) is 4.98 Å². The van der Waals surface area contributed by atoms with Gasteiger partial charge in [0.25, 0.3) is 0 Å². The highest BCUT2D eigenvalue weighted by Gasteiger charge is 2.09. The average molecular weight is 360 g/mol. The molecule has 3 nitrogen and oxygen atoms in total. The first-order valence-electron chi connectivity index (χ1n) is 8.65. The van der Waals surface area contributed by atoms with Gasteiger partial charge >= 0.3 is 0 Å². The molecule has 130 valence electrons. The molecule has 3 aromatic rings. The SMILES string of the molecule is CCCCc1ccc(-c2csc(/C(C#N)=C/c3ccc(O)cc3)n2)cc1. The number of hydrogen-bond donors (Lipinski definition) is 1. The number of nitriles is 1. The molecule has 26 heavy (non-hydrogen) atoms. The van der Waals surface area contributed by atoms with Crippen molar-refractivity contribution in [2.24, 2.45) is 0 Å². The Balaban J connectivity index is 1.81. The molecule has 1 heterocycles. The molecule has 0 saturated carbocycles. The van der Waals surface area contributed by atoms with E-state index in [0.29, 0.717) is 10.6 Å². The molecule has 0 radical (unpaired) electrons. The van der Waals surface area contributed by atoms with Crippen LogP contribution in [0.3, 0.4) is 0 Å². The third-order valence-electron chi connectivity index (χ3n) is 4.13. The maximum atomic E-state index is 9.49. The van der Waals surface area contributed by atoms with Gasteiger partial charge in [0.1, 0.15) is 16.8 Å². The van der Waals surface area contributed by atoms with E-state index in [2.05, 4.69) is 42.2 Å². The minimum absolute atomic E-state index is 0.208. The number of benzene rings is 2. The van der Waals surface area contributed by atoms with Gasteiger partial charge in [0.2, 0.25) is 0 Å². The molecular formula is C22H20N2OS. The number of unbranched alkanes of at least 4 members (excludes halogenated alkanes) is 1. The monoisotopic (exact) mass is 360 g/mol. The Morgan fingerprint density at radius 1 is 1.15 bits per heavy atom. The van der Waals surface area contributed by atoms with Gasteiger partial charge in [-0.3, -0.25) is 0 Å². The zero-order valence-corrected chi connectivity index (χ0v) is 15.5. The number of aromatic nitrogens is 1. The van der Waals surface area contributed by atoms with E-state index >= 15 is 0 Å². The number of phenols is 1. The Morgan fingerprint density at radius 2 is 1.88 bits per heavy atom. The van der Waals surface area contributed by atoms with Crippen LogP contribution in [0.5, 0.6) is 5.75 Å². The topological polar surface area (TPSA) is 56.9 Å². The first-order valence-corrected chi connectivity index (χ1v) is 9.53. The van der Waals surface area contributed by atoms with Crippen LogP contribution in [-0.2, 0) is 6.42 Å². The van der Waals surface area contributed by atoms with E-state index < -0.39 is 0 Å². The number of rotatable bonds is 6. The Labute approximate surface area is 157 Å². The quantitative estimate of drug-likeness (QED) is 0.555. The lowest BCUT2D eigenvalue weighted by atomic mass is 10.1. The van der Waals surface area contributed by atoms with Gasteiger partial charge < -0.3 is 5.11 Å². The van der Waals surface area contributed by atoms with Crippen LogP contribution in [0.15, 0.2) is 53.9 Å². The Hall–Kier alpha value is -2.90. The fourth-order valence-corrected chi connectivity index (χ4v) is 3.43. The van der Waals surface area contributed by atoms with Gasteiger partial charge in [-0.1, -0.05) is 49.7 Å². The zero-order valence-electron chi connectivity index (χ0n) is 14.6. The second kappa shape index (κ2) is 8.46. The van der Waals surface area contributed by atoms with E-state index in [1.807, 2.05) is 5.38 Å². The van der Waals surface area contributed by atoms with E-state index in [9.17, 15) is 10.4 Å². The van der Waals surface area contributed by atoms with Crippen molar-refractivity contribution in [2.75, 3.05) is 0 Å². The predicted molar refractivity (Wildman–Crippen MR) is 108 cm³/mol. The van der Waals surface area contributed by atoms with Crippen molar-refractivity contribution in [3.63, 3.8) is 0 Å². The number of nitrogens with zero attached hydrogens (tertiary/aromatic N) is 2. The lowest BCUT2D eigenvalue weighted by Crippen LogP contribution is -1.86. The molecule has 1 aromatic heterocycles. The number of aryl methyl sites for hydroxylation is 1. The molecule has 0 bridgehead atoms. The minimum Gasteiger partial charge on any atom is -0.508 e. The Morgan fingerprint density at radius 3 is 2.54 bits per heavy atom. The van der Waals surface area contributed by atoms with Crippen LogP contribution in [0.1, 0.15) is 35.9 Å². The number of aromatic hydroxyl groups is 1. The highest BCUT2D eigenvalue weighted by molar-refractivity contribution is 7.11. The Bertz CT molecular complexity index is 932. The molecule has 0 spiro atoms. The fraction of sp³-hybridized carbons (Fsp3) is 0.182. The number of thiazole rings is 1. The van der Waals surface area contributed by atoms with Gasteiger partial charge in [0.05, 0.1) is 11.3 Å². The van der Waals surface area contributed by atoms with E-state index in [1.54, 1.807) is 30.3 Å². The van der Waals surface area contributed by atoms with Crippen molar-refractivity contribution >= 4 is 23.0 Å². The molecule has 3 rings (SSSR count). The van der Waals surface area contributed by atoms with Gasteiger partial charge in [-0.15, -0.1) is 11.3 Å². The van der Waals surface area contributed by atoms with Crippen molar-refractivity contribution < 1.29 is 5.11 Å². The van der Waals surface area contributed by atoms with Crippen LogP contribution in [0.2, 0.25) is 0 Å². The first-order chi connectivity index (χ1) is 12.7. The molecule has 1 N–H and O–H groups in total. The number of hydrogen-bond acceptors (Lipinski definition) is 4. The lowest BCUT2D eigenvalue weighted by molar-refractivity contribution is 0.475. The van der Waals surface area contributed by atoms with Crippen molar-refractivity contribution in [3.05, 3.63) is 70.0 Å². The summed E-state index contributed by atoms with van der Waals surface area (Å²) in [6.45, 7) is 2.20. The molecule has 0 aliphatic carbocycles. The molecule has 4 heteroatoms. The van der Waals surface area contributed by atoms with E-state index in [4.69, 9.17) is 0 Å². The molecule has 0 aliphatic heterocycles. The van der Waals surface area contributed by atoms with Gasteiger partial charge in [0.15, 0.2) is 0 Å². The van der Waals surface area contributed by atoms with E-state index in [0.717, 1.165) is 23.2 Å². The fourth-order valence-electron chi connectivity index (χ4n) is 2.63. The normalized spacial score (nSPS) is 11.3. The van der Waals surface area contributed by atoms with Crippen LogP contribution in [0.25, 0.3) is 22.9 Å². The van der Waals surface area contributed by atoms with Crippen LogP contribution < -0.4 is 0 Å². The molecule has 0 saturated heterocycles. The lowest BCUT2D eigenvalue weighted by Gasteiger charge is -2.01. The van der Waals surface area contributed by atoms with Crippen LogP contribution in [0, 0.1) is 11.3 Å². The second-order valence-corrected chi connectivity index (χ2v) is 6.96. The van der Waals surface area contributed by atoms with Crippen LogP contribution in [-0.4, -0.2) is 10.1 Å². The average Bonchev–Trinajstić information content (AvgIpc) is 3.16. The summed E-state index contributed by atoms with van der Waals surface area (Å²) in [7, 11) is 0. The summed E-state index contributed by atoms with van der Waals surface area (Å²) in [5.41, 5.74) is 4.67. The highest BCUT2D eigenvalue weighted by atomic mass is 32.1. The molecule has 0 atom stereocenters. The van der Waals surface area contributed by atoms with Crippen LogP contribution >= 0.6 is 11.3 Å². The molecule has 2 aromatic carbocycles. The standard InChI is InChI=1S/C22H20N2OS/c1-2-3-4-16-5-9-18(10-6-16)21-15-26-22(24-21)19(14-23)13-17-7-11-20(25)12-8-17/h5-13,15,25H,2-4H2,1H3/b19-13+. The predicted octanol–water partition coefficient (Wildman–Crippen LogP) is 5.92. The largest absolute Gasteiger partial charge is 0.508 e. The minimum atomic E-state index is 0.208. The maximum absolute atomic E-state index is 9.49. The summed E-state index contributed by atoms with van der Waals surface area (Å²) in [4.78, 5) is 4.64. The van der Waals surface area contributed by atoms with Crippen molar-refractivity contribution in [1.29, 1.82) is 5.26 Å². The van der Waals surface area contributed by atoms with Crippen molar-refractivity contribution in [3.8, 4) is 23.1 Å². The zero-order chi connectivity index (χ0) is 18.4. The van der Waals surface area contributed by atoms with Gasteiger partial charge in [0, 0.05) is 10.9 Å². The highest BCUT2D eigenvalue weighted by Crippen LogP contribution is 2.27. The summed E-state index contributed by atoms with van der Waals surface area (Å²) in [6, 6.07) is 17.5. The first kappa shape index (κ1) is 17.9. The van der Waals surface area contributed by atoms with Gasteiger partial charge in [-0.05, 0) is 42.2 Å².